The fourth-order valence-corrected chi connectivity index (χ4v) is 5.15. The van der Waals surface area contributed by atoms with E-state index in [9.17, 15) is 13.2 Å². The maximum absolute atomic E-state index is 13.1. The van der Waals surface area contributed by atoms with E-state index in [1.165, 1.54) is 4.31 Å². The van der Waals surface area contributed by atoms with Gasteiger partial charge in [0.25, 0.3) is 0 Å². The smallest absolute Gasteiger partial charge is 0.243 e. The molecule has 1 amide bonds. The van der Waals surface area contributed by atoms with Crippen LogP contribution in [-0.2, 0) is 14.8 Å². The molecule has 0 spiro atoms. The lowest BCUT2D eigenvalue weighted by molar-refractivity contribution is -0.120. The summed E-state index contributed by atoms with van der Waals surface area (Å²) in [4.78, 5) is 12.9. The van der Waals surface area contributed by atoms with Crippen molar-refractivity contribution in [3.8, 4) is 11.5 Å². The molecule has 7 nitrogen and oxygen atoms in total. The van der Waals surface area contributed by atoms with Crippen LogP contribution in [0.2, 0.25) is 0 Å². The largest absolute Gasteiger partial charge is 0.497 e. The second kappa shape index (κ2) is 9.49. The normalized spacial score (nSPS) is 17.4. The van der Waals surface area contributed by atoms with E-state index in [0.29, 0.717) is 43.2 Å². The van der Waals surface area contributed by atoms with Crippen molar-refractivity contribution in [3.63, 3.8) is 0 Å². The third kappa shape index (κ3) is 4.94. The van der Waals surface area contributed by atoms with E-state index in [0.717, 1.165) is 5.56 Å². The Morgan fingerprint density at radius 1 is 1.20 bits per heavy atom. The molecule has 1 saturated heterocycles. The number of hydrogen-bond donors (Lipinski definition) is 1. The number of anilines is 1. The number of sulfonamides is 1. The standard InChI is InChI=1S/C22H28N2O5S/c1-4-29-21-12-11-20(14-16(21)2)30(26,27)24-13-5-6-17(15-24)22(25)23-18-7-9-19(28-3)10-8-18/h7-12,14,17H,4-6,13,15H2,1-3H3,(H,23,25)/t17-/m1/s1. The summed E-state index contributed by atoms with van der Waals surface area (Å²) in [5.41, 5.74) is 1.42. The average Bonchev–Trinajstić information content (AvgIpc) is 2.76. The molecule has 0 bridgehead atoms. The van der Waals surface area contributed by atoms with Gasteiger partial charge in [-0.25, -0.2) is 8.42 Å². The van der Waals surface area contributed by atoms with Gasteiger partial charge >= 0.3 is 0 Å². The number of piperidine rings is 1. The summed E-state index contributed by atoms with van der Waals surface area (Å²) in [6, 6.07) is 11.9. The molecule has 1 atom stereocenters. The van der Waals surface area contributed by atoms with Gasteiger partial charge in [0.15, 0.2) is 0 Å². The molecule has 0 saturated carbocycles. The average molecular weight is 433 g/mol. The number of hydrogen-bond acceptors (Lipinski definition) is 5. The Bertz CT molecular complexity index is 989. The minimum Gasteiger partial charge on any atom is -0.497 e. The highest BCUT2D eigenvalue weighted by molar-refractivity contribution is 7.89. The zero-order chi connectivity index (χ0) is 21.7. The fraction of sp³-hybridized carbons (Fsp3) is 0.409. The van der Waals surface area contributed by atoms with Crippen LogP contribution in [0.25, 0.3) is 0 Å². The van der Waals surface area contributed by atoms with Crippen molar-refractivity contribution >= 4 is 21.6 Å². The SMILES string of the molecule is CCOc1ccc(S(=O)(=O)N2CCC[C@@H](C(=O)Nc3ccc(OC)cc3)C2)cc1C. The topological polar surface area (TPSA) is 84.9 Å². The predicted octanol–water partition coefficient (Wildman–Crippen LogP) is 3.44. The van der Waals surface area contributed by atoms with Crippen LogP contribution in [-0.4, -0.2) is 45.4 Å². The van der Waals surface area contributed by atoms with Crippen molar-refractivity contribution in [2.24, 2.45) is 5.92 Å². The van der Waals surface area contributed by atoms with E-state index in [-0.39, 0.29) is 17.3 Å². The van der Waals surface area contributed by atoms with Gasteiger partial charge in [-0.05, 0) is 74.7 Å². The Balaban J connectivity index is 1.71. The van der Waals surface area contributed by atoms with Gasteiger partial charge in [-0.1, -0.05) is 0 Å². The molecular weight excluding hydrogens is 404 g/mol. The van der Waals surface area contributed by atoms with Gasteiger partial charge in [-0.3, -0.25) is 4.79 Å². The first-order valence-corrected chi connectivity index (χ1v) is 11.5. The summed E-state index contributed by atoms with van der Waals surface area (Å²) in [7, 11) is -2.10. The van der Waals surface area contributed by atoms with Gasteiger partial charge < -0.3 is 14.8 Å². The van der Waals surface area contributed by atoms with Crippen LogP contribution >= 0.6 is 0 Å². The predicted molar refractivity (Wildman–Crippen MR) is 115 cm³/mol. The van der Waals surface area contributed by atoms with Crippen molar-refractivity contribution in [1.82, 2.24) is 4.31 Å². The molecule has 0 aromatic heterocycles. The molecule has 1 N–H and O–H groups in total. The molecule has 1 aliphatic rings. The minimum atomic E-state index is -3.68. The summed E-state index contributed by atoms with van der Waals surface area (Å²) >= 11 is 0. The number of carbonyl (C=O) groups is 1. The van der Waals surface area contributed by atoms with Crippen molar-refractivity contribution in [2.45, 2.75) is 31.6 Å². The van der Waals surface area contributed by atoms with Gasteiger partial charge in [0.05, 0.1) is 24.5 Å². The number of methoxy groups -OCH3 is 1. The number of nitrogens with one attached hydrogen (secondary N) is 1. The molecule has 3 rings (SSSR count). The third-order valence-corrected chi connectivity index (χ3v) is 7.06. The molecule has 162 valence electrons. The van der Waals surface area contributed by atoms with E-state index >= 15 is 0 Å². The van der Waals surface area contributed by atoms with Crippen molar-refractivity contribution in [3.05, 3.63) is 48.0 Å². The summed E-state index contributed by atoms with van der Waals surface area (Å²) in [6.45, 7) is 4.79. The lowest BCUT2D eigenvalue weighted by Gasteiger charge is -2.31. The molecule has 2 aromatic carbocycles. The second-order valence-electron chi connectivity index (χ2n) is 7.28. The van der Waals surface area contributed by atoms with Crippen LogP contribution in [0, 0.1) is 12.8 Å². The molecule has 8 heteroatoms. The van der Waals surface area contributed by atoms with Crippen LogP contribution in [0.1, 0.15) is 25.3 Å². The van der Waals surface area contributed by atoms with E-state index in [1.807, 2.05) is 13.8 Å². The van der Waals surface area contributed by atoms with Gasteiger partial charge in [-0.15, -0.1) is 0 Å². The van der Waals surface area contributed by atoms with Crippen molar-refractivity contribution in [1.29, 1.82) is 0 Å². The molecule has 1 fully saturated rings. The van der Waals surface area contributed by atoms with E-state index < -0.39 is 15.9 Å². The van der Waals surface area contributed by atoms with Gasteiger partial charge in [-0.2, -0.15) is 4.31 Å². The molecule has 0 radical (unpaired) electrons. The number of carbonyl (C=O) groups excluding carboxylic acids is 1. The van der Waals surface area contributed by atoms with Crippen LogP contribution in [0.4, 0.5) is 5.69 Å². The Morgan fingerprint density at radius 3 is 2.57 bits per heavy atom. The van der Waals surface area contributed by atoms with Crippen molar-refractivity contribution in [2.75, 3.05) is 32.1 Å². The molecule has 30 heavy (non-hydrogen) atoms. The first-order chi connectivity index (χ1) is 14.3. The number of ether oxygens (including phenoxy) is 2. The summed E-state index contributed by atoms with van der Waals surface area (Å²) < 4.78 is 38.3. The number of nitrogens with zero attached hydrogens (tertiary/aromatic N) is 1. The van der Waals surface area contributed by atoms with Crippen molar-refractivity contribution < 1.29 is 22.7 Å². The molecule has 0 aliphatic carbocycles. The summed E-state index contributed by atoms with van der Waals surface area (Å²) in [5.74, 6) is 0.794. The third-order valence-electron chi connectivity index (χ3n) is 5.20. The Kier molecular flexibility index (Phi) is 6.99. The van der Waals surface area contributed by atoms with Crippen LogP contribution < -0.4 is 14.8 Å². The highest BCUT2D eigenvalue weighted by atomic mass is 32.2. The molecule has 1 aliphatic heterocycles. The van der Waals surface area contributed by atoms with Gasteiger partial charge in [0, 0.05) is 18.8 Å². The highest BCUT2D eigenvalue weighted by Gasteiger charge is 2.33. The van der Waals surface area contributed by atoms with E-state index in [1.54, 1.807) is 49.6 Å². The lowest BCUT2D eigenvalue weighted by Crippen LogP contribution is -2.43. The highest BCUT2D eigenvalue weighted by Crippen LogP contribution is 2.28. The zero-order valence-electron chi connectivity index (χ0n) is 17.6. The number of amides is 1. The van der Waals surface area contributed by atoms with Crippen LogP contribution in [0.15, 0.2) is 47.4 Å². The number of rotatable bonds is 7. The minimum absolute atomic E-state index is 0.163. The number of aryl methyl sites for hydroxylation is 1. The van der Waals surface area contributed by atoms with E-state index in [4.69, 9.17) is 9.47 Å². The summed E-state index contributed by atoms with van der Waals surface area (Å²) in [5, 5.41) is 2.87. The van der Waals surface area contributed by atoms with Crippen LogP contribution in [0.3, 0.4) is 0 Å². The second-order valence-corrected chi connectivity index (χ2v) is 9.22. The molecule has 1 heterocycles. The Labute approximate surface area is 178 Å². The number of benzene rings is 2. The van der Waals surface area contributed by atoms with Gasteiger partial charge in [0.1, 0.15) is 11.5 Å². The monoisotopic (exact) mass is 432 g/mol. The Hall–Kier alpha value is -2.58. The van der Waals surface area contributed by atoms with Crippen LogP contribution in [0.5, 0.6) is 11.5 Å². The molecular formula is C22H28N2O5S. The first kappa shape index (κ1) is 22.1. The maximum atomic E-state index is 13.1. The fourth-order valence-electron chi connectivity index (χ4n) is 3.54. The van der Waals surface area contributed by atoms with Gasteiger partial charge in [0.2, 0.25) is 15.9 Å². The quantitative estimate of drug-likeness (QED) is 0.724. The molecule has 2 aromatic rings. The summed E-state index contributed by atoms with van der Waals surface area (Å²) in [6.07, 6.45) is 1.28. The first-order valence-electron chi connectivity index (χ1n) is 10.0. The maximum Gasteiger partial charge on any atom is 0.243 e. The Morgan fingerprint density at radius 2 is 1.93 bits per heavy atom. The lowest BCUT2D eigenvalue weighted by atomic mass is 9.99. The molecule has 0 unspecified atom stereocenters. The van der Waals surface area contributed by atoms with E-state index in [2.05, 4.69) is 5.32 Å². The zero-order valence-corrected chi connectivity index (χ0v) is 18.4.